The Bertz CT molecular complexity index is 1060. The Morgan fingerprint density at radius 3 is 2.26 bits per heavy atom. The summed E-state index contributed by atoms with van der Waals surface area (Å²) in [6.45, 7) is 7.54. The number of nitrogens with one attached hydrogen (secondary N) is 1. The molecule has 0 bridgehead atoms. The van der Waals surface area contributed by atoms with Gasteiger partial charge in [0.05, 0.1) is 6.21 Å². The van der Waals surface area contributed by atoms with Crippen molar-refractivity contribution in [1.29, 1.82) is 0 Å². The average molecular weight is 454 g/mol. The third-order valence-corrected chi connectivity index (χ3v) is 6.68. The maximum atomic E-state index is 12.4. The number of likely N-dealkylation sites (tertiary alicyclic amines) is 1. The van der Waals surface area contributed by atoms with E-state index in [0.717, 1.165) is 31.1 Å². The van der Waals surface area contributed by atoms with Crippen LogP contribution in [0.1, 0.15) is 65.2 Å². The lowest BCUT2D eigenvalue weighted by molar-refractivity contribution is 0.0955. The summed E-state index contributed by atoms with van der Waals surface area (Å²) in [5.74, 6) is 1.09. The molecule has 1 saturated heterocycles. The van der Waals surface area contributed by atoms with Crippen LogP contribution in [0.2, 0.25) is 0 Å². The molecule has 3 aromatic carbocycles. The van der Waals surface area contributed by atoms with Gasteiger partial charge in [-0.2, -0.15) is 5.10 Å². The van der Waals surface area contributed by atoms with E-state index in [2.05, 4.69) is 83.9 Å². The largest absolute Gasteiger partial charge is 0.299 e. The fourth-order valence-corrected chi connectivity index (χ4v) is 4.51. The Morgan fingerprint density at radius 2 is 1.62 bits per heavy atom. The van der Waals surface area contributed by atoms with E-state index in [1.165, 1.54) is 36.0 Å². The van der Waals surface area contributed by atoms with Crippen LogP contribution in [0.15, 0.2) is 84.0 Å². The SMILES string of the molecule is CC(C)c1ccc(/C=N\NC(=O)c2ccc(CN3CCC(Cc4ccccc4)CC3)cc2)cc1. The van der Waals surface area contributed by atoms with Crippen LogP contribution in [0.25, 0.3) is 0 Å². The van der Waals surface area contributed by atoms with Gasteiger partial charge in [-0.05, 0) is 78.6 Å². The van der Waals surface area contributed by atoms with E-state index in [4.69, 9.17) is 0 Å². The summed E-state index contributed by atoms with van der Waals surface area (Å²) in [4.78, 5) is 14.9. The summed E-state index contributed by atoms with van der Waals surface area (Å²) in [5, 5.41) is 4.11. The monoisotopic (exact) mass is 453 g/mol. The van der Waals surface area contributed by atoms with Crippen molar-refractivity contribution < 1.29 is 4.79 Å². The van der Waals surface area contributed by atoms with Crippen molar-refractivity contribution in [1.82, 2.24) is 10.3 Å². The maximum Gasteiger partial charge on any atom is 0.271 e. The van der Waals surface area contributed by atoms with Gasteiger partial charge >= 0.3 is 0 Å². The van der Waals surface area contributed by atoms with Crippen molar-refractivity contribution in [2.24, 2.45) is 11.0 Å². The number of hydrazone groups is 1. The van der Waals surface area contributed by atoms with Gasteiger partial charge in [0.15, 0.2) is 0 Å². The van der Waals surface area contributed by atoms with Crippen molar-refractivity contribution in [2.45, 2.75) is 45.6 Å². The highest BCUT2D eigenvalue weighted by Crippen LogP contribution is 2.23. The van der Waals surface area contributed by atoms with Crippen LogP contribution in [-0.4, -0.2) is 30.1 Å². The van der Waals surface area contributed by atoms with Gasteiger partial charge in [-0.3, -0.25) is 9.69 Å². The molecule has 1 heterocycles. The number of piperidine rings is 1. The number of carbonyl (C=O) groups is 1. The van der Waals surface area contributed by atoms with E-state index in [9.17, 15) is 4.79 Å². The van der Waals surface area contributed by atoms with Crippen molar-refractivity contribution in [3.05, 3.63) is 107 Å². The second-order valence-electron chi connectivity index (χ2n) is 9.63. The molecule has 0 atom stereocenters. The zero-order valence-corrected chi connectivity index (χ0v) is 20.3. The minimum Gasteiger partial charge on any atom is -0.299 e. The molecule has 0 unspecified atom stereocenters. The second-order valence-corrected chi connectivity index (χ2v) is 9.63. The molecule has 1 fully saturated rings. The molecular weight excluding hydrogens is 418 g/mol. The van der Waals surface area contributed by atoms with Crippen LogP contribution in [0.3, 0.4) is 0 Å². The molecule has 0 aliphatic carbocycles. The molecule has 4 heteroatoms. The number of hydrogen-bond donors (Lipinski definition) is 1. The van der Waals surface area contributed by atoms with E-state index in [1.54, 1.807) is 6.21 Å². The van der Waals surface area contributed by atoms with E-state index >= 15 is 0 Å². The van der Waals surface area contributed by atoms with Crippen LogP contribution in [0.5, 0.6) is 0 Å². The lowest BCUT2D eigenvalue weighted by atomic mass is 9.90. The normalized spacial score (nSPS) is 15.1. The summed E-state index contributed by atoms with van der Waals surface area (Å²) in [5.41, 5.74) is 8.20. The summed E-state index contributed by atoms with van der Waals surface area (Å²) in [7, 11) is 0. The Kier molecular flexibility index (Phi) is 8.26. The van der Waals surface area contributed by atoms with Crippen LogP contribution in [0.4, 0.5) is 0 Å². The molecule has 34 heavy (non-hydrogen) atoms. The predicted molar refractivity (Wildman–Crippen MR) is 140 cm³/mol. The number of benzene rings is 3. The van der Waals surface area contributed by atoms with E-state index in [1.807, 2.05) is 24.3 Å². The lowest BCUT2D eigenvalue weighted by Gasteiger charge is -2.32. The molecule has 0 spiro atoms. The molecular formula is C30H35N3O. The standard InChI is InChI=1S/C30H35N3O/c1-23(2)28-12-8-26(9-13-28)21-31-32-30(34)29-14-10-27(11-15-29)22-33-18-16-25(17-19-33)20-24-6-4-3-5-7-24/h3-15,21,23,25H,16-20,22H2,1-2H3,(H,32,34)/b31-21-. The van der Waals surface area contributed by atoms with Crippen LogP contribution in [-0.2, 0) is 13.0 Å². The second kappa shape index (κ2) is 11.8. The van der Waals surface area contributed by atoms with Gasteiger partial charge in [0, 0.05) is 12.1 Å². The van der Waals surface area contributed by atoms with E-state index in [-0.39, 0.29) is 5.91 Å². The smallest absolute Gasteiger partial charge is 0.271 e. The van der Waals surface area contributed by atoms with Gasteiger partial charge in [-0.1, -0.05) is 80.6 Å². The van der Waals surface area contributed by atoms with Crippen molar-refractivity contribution in [3.8, 4) is 0 Å². The topological polar surface area (TPSA) is 44.7 Å². The minimum absolute atomic E-state index is 0.191. The minimum atomic E-state index is -0.191. The Labute approximate surface area is 203 Å². The molecule has 1 aliphatic rings. The number of carbonyl (C=O) groups excluding carboxylic acids is 1. The van der Waals surface area contributed by atoms with Gasteiger partial charge in [0.2, 0.25) is 0 Å². The average Bonchev–Trinajstić information content (AvgIpc) is 2.86. The Balaban J connectivity index is 1.22. The number of amides is 1. The Hall–Kier alpha value is -3.24. The first kappa shape index (κ1) is 23.9. The maximum absolute atomic E-state index is 12.4. The fourth-order valence-electron chi connectivity index (χ4n) is 4.51. The van der Waals surface area contributed by atoms with Gasteiger partial charge in [-0.15, -0.1) is 0 Å². The molecule has 0 radical (unpaired) electrons. The Morgan fingerprint density at radius 1 is 0.941 bits per heavy atom. The van der Waals surface area contributed by atoms with Gasteiger partial charge in [0.25, 0.3) is 5.91 Å². The highest BCUT2D eigenvalue weighted by Gasteiger charge is 2.19. The summed E-state index contributed by atoms with van der Waals surface area (Å²) < 4.78 is 0. The fraction of sp³-hybridized carbons (Fsp3) is 0.333. The number of hydrogen-bond acceptors (Lipinski definition) is 3. The van der Waals surface area contributed by atoms with Crippen LogP contribution < -0.4 is 5.43 Å². The highest BCUT2D eigenvalue weighted by atomic mass is 16.2. The third-order valence-electron chi connectivity index (χ3n) is 6.68. The van der Waals surface area contributed by atoms with Crippen LogP contribution in [0, 0.1) is 5.92 Å². The number of rotatable bonds is 8. The van der Waals surface area contributed by atoms with Crippen molar-refractivity contribution in [2.75, 3.05) is 13.1 Å². The van der Waals surface area contributed by atoms with Crippen molar-refractivity contribution >= 4 is 12.1 Å². The van der Waals surface area contributed by atoms with Gasteiger partial charge in [0.1, 0.15) is 0 Å². The zero-order valence-electron chi connectivity index (χ0n) is 20.3. The highest BCUT2D eigenvalue weighted by molar-refractivity contribution is 5.94. The van der Waals surface area contributed by atoms with E-state index in [0.29, 0.717) is 11.5 Å². The zero-order chi connectivity index (χ0) is 23.8. The quantitative estimate of drug-likeness (QED) is 0.334. The summed E-state index contributed by atoms with van der Waals surface area (Å²) in [6.07, 6.45) is 5.35. The van der Waals surface area contributed by atoms with E-state index < -0.39 is 0 Å². The molecule has 1 aliphatic heterocycles. The number of nitrogens with zero attached hydrogens (tertiary/aromatic N) is 2. The third kappa shape index (κ3) is 6.88. The van der Waals surface area contributed by atoms with Gasteiger partial charge < -0.3 is 0 Å². The predicted octanol–water partition coefficient (Wildman–Crippen LogP) is 6.03. The molecule has 1 amide bonds. The molecule has 0 aromatic heterocycles. The molecule has 1 N–H and O–H groups in total. The van der Waals surface area contributed by atoms with Crippen LogP contribution >= 0.6 is 0 Å². The first-order valence-corrected chi connectivity index (χ1v) is 12.4. The summed E-state index contributed by atoms with van der Waals surface area (Å²) >= 11 is 0. The first-order valence-electron chi connectivity index (χ1n) is 12.4. The first-order chi connectivity index (χ1) is 16.6. The molecule has 176 valence electrons. The molecule has 3 aromatic rings. The molecule has 0 saturated carbocycles. The lowest BCUT2D eigenvalue weighted by Crippen LogP contribution is -2.33. The summed E-state index contributed by atoms with van der Waals surface area (Å²) in [6, 6.07) is 26.9. The van der Waals surface area contributed by atoms with Gasteiger partial charge in [-0.25, -0.2) is 5.43 Å². The molecule has 4 rings (SSSR count). The molecule has 4 nitrogen and oxygen atoms in total. The van der Waals surface area contributed by atoms with Crippen molar-refractivity contribution in [3.63, 3.8) is 0 Å².